The number of amides is 1. The molecule has 0 unspecified atom stereocenters. The second kappa shape index (κ2) is 14.2. The van der Waals surface area contributed by atoms with E-state index < -0.39 is 14.0 Å². The van der Waals surface area contributed by atoms with Crippen molar-refractivity contribution in [3.63, 3.8) is 0 Å². The highest BCUT2D eigenvalue weighted by Gasteiger charge is 2.31. The second-order valence-corrected chi connectivity index (χ2v) is 18.4. The van der Waals surface area contributed by atoms with Crippen molar-refractivity contribution in [2.75, 3.05) is 25.1 Å². The van der Waals surface area contributed by atoms with Crippen molar-refractivity contribution >= 4 is 37.0 Å². The molecule has 1 aromatic carbocycles. The SMILES string of the molecule is CC(C)COC(=O)c1cn(COCC[Si](C)(C)C)c2ncnc(N[C@@H]3CC[C@H](C)N(C(=O)OCc4ccccc4)C3)c12. The molecule has 1 saturated heterocycles. The van der Waals surface area contributed by atoms with E-state index in [4.69, 9.17) is 14.2 Å². The number of anilines is 1. The molecule has 2 aromatic heterocycles. The van der Waals surface area contributed by atoms with Crippen LogP contribution < -0.4 is 5.32 Å². The number of ether oxygens (including phenoxy) is 3. The van der Waals surface area contributed by atoms with Crippen molar-refractivity contribution in [1.29, 1.82) is 0 Å². The third kappa shape index (κ3) is 8.54. The van der Waals surface area contributed by atoms with Gasteiger partial charge in [0.05, 0.1) is 17.6 Å². The Labute approximate surface area is 249 Å². The maximum absolute atomic E-state index is 13.2. The molecule has 0 bridgehead atoms. The molecule has 1 aliphatic heterocycles. The van der Waals surface area contributed by atoms with Gasteiger partial charge in [0.15, 0.2) is 0 Å². The van der Waals surface area contributed by atoms with E-state index in [-0.39, 0.29) is 37.4 Å². The normalized spacial score (nSPS) is 17.5. The third-order valence-electron chi connectivity index (χ3n) is 7.31. The molecule has 3 heterocycles. The van der Waals surface area contributed by atoms with Gasteiger partial charge in [-0.2, -0.15) is 0 Å². The van der Waals surface area contributed by atoms with Crippen LogP contribution in [0.1, 0.15) is 49.5 Å². The number of aromatic nitrogens is 3. The predicted molar refractivity (Wildman–Crippen MR) is 166 cm³/mol. The minimum absolute atomic E-state index is 0.0488. The molecule has 228 valence electrons. The molecular weight excluding hydrogens is 550 g/mol. The van der Waals surface area contributed by atoms with Gasteiger partial charge in [0, 0.05) is 39.5 Å². The summed E-state index contributed by atoms with van der Waals surface area (Å²) in [6.07, 6.45) is 4.54. The average Bonchev–Trinajstić information content (AvgIpc) is 3.33. The van der Waals surface area contributed by atoms with Crippen LogP contribution in [0.5, 0.6) is 0 Å². The van der Waals surface area contributed by atoms with Crippen LogP contribution in [-0.4, -0.2) is 71.4 Å². The lowest BCUT2D eigenvalue weighted by atomic mass is 9.99. The van der Waals surface area contributed by atoms with Crippen LogP contribution in [0.2, 0.25) is 25.7 Å². The summed E-state index contributed by atoms with van der Waals surface area (Å²) in [5, 5.41) is 4.10. The third-order valence-corrected chi connectivity index (χ3v) is 9.01. The van der Waals surface area contributed by atoms with Crippen LogP contribution in [0.15, 0.2) is 42.9 Å². The van der Waals surface area contributed by atoms with E-state index in [9.17, 15) is 9.59 Å². The highest BCUT2D eigenvalue weighted by atomic mass is 28.3. The Hall–Kier alpha value is -3.44. The summed E-state index contributed by atoms with van der Waals surface area (Å²) in [7, 11) is -1.24. The number of hydrogen-bond acceptors (Lipinski definition) is 8. The van der Waals surface area contributed by atoms with Gasteiger partial charge in [0.1, 0.15) is 31.1 Å². The lowest BCUT2D eigenvalue weighted by Crippen LogP contribution is -2.49. The summed E-state index contributed by atoms with van der Waals surface area (Å²) in [4.78, 5) is 37.1. The molecular formula is C31H45N5O5Si. The van der Waals surface area contributed by atoms with E-state index in [0.717, 1.165) is 24.4 Å². The number of nitrogens with zero attached hydrogens (tertiary/aromatic N) is 4. The molecule has 1 amide bonds. The molecule has 3 aromatic rings. The number of rotatable bonds is 12. The van der Waals surface area contributed by atoms with Crippen molar-refractivity contribution in [2.24, 2.45) is 5.92 Å². The van der Waals surface area contributed by atoms with Crippen LogP contribution in [0.25, 0.3) is 11.0 Å². The fraction of sp³-hybridized carbons (Fsp3) is 0.548. The molecule has 0 spiro atoms. The summed E-state index contributed by atoms with van der Waals surface area (Å²) in [5.74, 6) is 0.322. The summed E-state index contributed by atoms with van der Waals surface area (Å²) in [6, 6.07) is 10.7. The first-order valence-corrected chi connectivity index (χ1v) is 18.5. The van der Waals surface area contributed by atoms with E-state index in [1.807, 2.05) is 55.7 Å². The van der Waals surface area contributed by atoms with E-state index in [0.29, 0.717) is 42.2 Å². The van der Waals surface area contributed by atoms with Crippen LogP contribution >= 0.6 is 0 Å². The zero-order chi connectivity index (χ0) is 30.3. The highest BCUT2D eigenvalue weighted by Crippen LogP contribution is 2.29. The molecule has 1 fully saturated rings. The van der Waals surface area contributed by atoms with E-state index in [1.165, 1.54) is 6.33 Å². The number of carbonyl (C=O) groups excluding carboxylic acids is 2. The van der Waals surface area contributed by atoms with Gasteiger partial charge in [-0.1, -0.05) is 63.8 Å². The molecule has 2 atom stereocenters. The molecule has 0 radical (unpaired) electrons. The Balaban J connectivity index is 1.52. The standard InChI is InChI=1S/C31H45N5O5Si/c1-22(2)18-40-30(37)26-17-35(21-39-14-15-42(4,5)6)29-27(26)28(32-20-33-29)34-25-13-12-23(3)36(16-25)31(38)41-19-24-10-8-7-9-11-24/h7-11,17,20,22-23,25H,12-16,18-19,21H2,1-6H3,(H,32,33,34)/t23-,25+/m0/s1. The molecule has 0 aliphatic carbocycles. The van der Waals surface area contributed by atoms with E-state index in [1.54, 1.807) is 11.1 Å². The molecule has 10 nitrogen and oxygen atoms in total. The fourth-order valence-electron chi connectivity index (χ4n) is 4.82. The number of carbonyl (C=O) groups is 2. The maximum Gasteiger partial charge on any atom is 0.410 e. The monoisotopic (exact) mass is 595 g/mol. The van der Waals surface area contributed by atoms with Gasteiger partial charge in [0.2, 0.25) is 0 Å². The summed E-state index contributed by atoms with van der Waals surface area (Å²) < 4.78 is 19.1. The highest BCUT2D eigenvalue weighted by molar-refractivity contribution is 6.76. The zero-order valence-electron chi connectivity index (χ0n) is 25.8. The Morgan fingerprint density at radius 2 is 1.86 bits per heavy atom. The van der Waals surface area contributed by atoms with Gasteiger partial charge in [-0.05, 0) is 37.3 Å². The number of piperidine rings is 1. The first kappa shape index (κ1) is 31.5. The zero-order valence-corrected chi connectivity index (χ0v) is 26.8. The molecule has 1 aliphatic rings. The minimum atomic E-state index is -1.24. The summed E-state index contributed by atoms with van der Waals surface area (Å²) in [6.45, 7) is 14.9. The van der Waals surface area contributed by atoms with Crippen molar-refractivity contribution in [3.05, 3.63) is 54.0 Å². The smallest absolute Gasteiger partial charge is 0.410 e. The van der Waals surface area contributed by atoms with E-state index in [2.05, 4.69) is 34.9 Å². The molecule has 4 rings (SSSR count). The number of benzene rings is 1. The first-order valence-electron chi connectivity index (χ1n) is 14.8. The summed E-state index contributed by atoms with van der Waals surface area (Å²) >= 11 is 0. The average molecular weight is 596 g/mol. The maximum atomic E-state index is 13.2. The molecule has 11 heteroatoms. The largest absolute Gasteiger partial charge is 0.462 e. The van der Waals surface area contributed by atoms with Crippen molar-refractivity contribution in [3.8, 4) is 0 Å². The van der Waals surface area contributed by atoms with Gasteiger partial charge in [0.25, 0.3) is 0 Å². The van der Waals surface area contributed by atoms with Crippen molar-refractivity contribution < 1.29 is 23.8 Å². The van der Waals surface area contributed by atoms with Gasteiger partial charge in [-0.3, -0.25) is 0 Å². The number of fused-ring (bicyclic) bond motifs is 1. The minimum Gasteiger partial charge on any atom is -0.462 e. The van der Waals surface area contributed by atoms with Gasteiger partial charge in [-0.15, -0.1) is 0 Å². The summed E-state index contributed by atoms with van der Waals surface area (Å²) in [5.41, 5.74) is 1.94. The number of nitrogens with one attached hydrogen (secondary N) is 1. The topological polar surface area (TPSA) is 108 Å². The Bertz CT molecular complexity index is 1340. The Morgan fingerprint density at radius 3 is 2.57 bits per heavy atom. The lowest BCUT2D eigenvalue weighted by Gasteiger charge is -2.37. The predicted octanol–water partition coefficient (Wildman–Crippen LogP) is 6.16. The van der Waals surface area contributed by atoms with Crippen LogP contribution in [0, 0.1) is 5.92 Å². The molecule has 1 N–H and O–H groups in total. The van der Waals surface area contributed by atoms with E-state index >= 15 is 0 Å². The molecule has 42 heavy (non-hydrogen) atoms. The van der Waals surface area contributed by atoms with Gasteiger partial charge < -0.3 is 29.0 Å². The second-order valence-electron chi connectivity index (χ2n) is 12.7. The van der Waals surface area contributed by atoms with Crippen molar-refractivity contribution in [2.45, 2.75) is 84.7 Å². The number of esters is 1. The van der Waals surface area contributed by atoms with Crippen molar-refractivity contribution in [1.82, 2.24) is 19.4 Å². The number of likely N-dealkylation sites (tertiary alicyclic amines) is 1. The first-order chi connectivity index (χ1) is 20.0. The number of hydrogen-bond donors (Lipinski definition) is 1. The van der Waals surface area contributed by atoms with Crippen LogP contribution in [0.4, 0.5) is 10.6 Å². The quantitative estimate of drug-likeness (QED) is 0.151. The van der Waals surface area contributed by atoms with Crippen LogP contribution in [-0.2, 0) is 27.5 Å². The Kier molecular flexibility index (Phi) is 10.6. The van der Waals surface area contributed by atoms with Gasteiger partial charge >= 0.3 is 12.1 Å². The van der Waals surface area contributed by atoms with Gasteiger partial charge in [-0.25, -0.2) is 19.6 Å². The lowest BCUT2D eigenvalue weighted by molar-refractivity contribution is 0.0459. The molecule has 0 saturated carbocycles. The Morgan fingerprint density at radius 1 is 1.10 bits per heavy atom. The van der Waals surface area contributed by atoms with Crippen LogP contribution in [0.3, 0.4) is 0 Å². The fourth-order valence-corrected chi connectivity index (χ4v) is 5.58.